The molecule has 1 aromatic rings. The van der Waals surface area contributed by atoms with Crippen molar-refractivity contribution >= 4 is 5.91 Å². The van der Waals surface area contributed by atoms with Crippen LogP contribution in [0.4, 0.5) is 0 Å². The summed E-state index contributed by atoms with van der Waals surface area (Å²) in [6.07, 6.45) is 5.33. The summed E-state index contributed by atoms with van der Waals surface area (Å²) in [5.41, 5.74) is 7.17. The van der Waals surface area contributed by atoms with Gasteiger partial charge in [-0.25, -0.2) is 0 Å². The third-order valence-corrected chi connectivity index (χ3v) is 4.80. The van der Waals surface area contributed by atoms with E-state index in [1.165, 1.54) is 19.4 Å². The van der Waals surface area contributed by atoms with E-state index < -0.39 is 6.04 Å². The average molecular weight is 287 g/mol. The molecule has 0 radical (unpaired) electrons. The zero-order valence-electron chi connectivity index (χ0n) is 12.5. The highest BCUT2D eigenvalue weighted by Gasteiger charge is 2.32. The molecule has 3 rings (SSSR count). The first-order valence-electron chi connectivity index (χ1n) is 8.06. The standard InChI is InChI=1S/C17H25N3O/c18-16(11-13-5-2-1-3-6-13)17(21)19-14-8-10-20-9-4-7-15(20)12-14/h1-3,5-6,14-16H,4,7-12,18H2,(H,19,21)/t14?,15?,16-/m1/s1. The minimum absolute atomic E-state index is 0.00435. The molecule has 4 nitrogen and oxygen atoms in total. The highest BCUT2D eigenvalue weighted by molar-refractivity contribution is 5.82. The van der Waals surface area contributed by atoms with Crippen molar-refractivity contribution in [3.8, 4) is 0 Å². The van der Waals surface area contributed by atoms with Crippen molar-refractivity contribution in [2.75, 3.05) is 13.1 Å². The van der Waals surface area contributed by atoms with E-state index in [0.717, 1.165) is 24.9 Å². The summed E-state index contributed by atoms with van der Waals surface area (Å²) in [5, 5.41) is 3.16. The first kappa shape index (κ1) is 14.5. The lowest BCUT2D eigenvalue weighted by Crippen LogP contribution is -2.51. The topological polar surface area (TPSA) is 58.4 Å². The van der Waals surface area contributed by atoms with Gasteiger partial charge < -0.3 is 16.0 Å². The first-order chi connectivity index (χ1) is 10.2. The molecule has 0 aromatic heterocycles. The van der Waals surface area contributed by atoms with E-state index in [9.17, 15) is 4.79 Å². The second-order valence-electron chi connectivity index (χ2n) is 6.36. The van der Waals surface area contributed by atoms with Crippen molar-refractivity contribution < 1.29 is 4.79 Å². The Bertz CT molecular complexity index is 476. The number of rotatable bonds is 4. The fourth-order valence-electron chi connectivity index (χ4n) is 3.62. The Labute approximate surface area is 126 Å². The van der Waals surface area contributed by atoms with Gasteiger partial charge in [0.05, 0.1) is 6.04 Å². The van der Waals surface area contributed by atoms with Crippen molar-refractivity contribution in [1.82, 2.24) is 10.2 Å². The number of nitrogens with two attached hydrogens (primary N) is 1. The van der Waals surface area contributed by atoms with Gasteiger partial charge in [-0.15, -0.1) is 0 Å². The maximum Gasteiger partial charge on any atom is 0.237 e. The van der Waals surface area contributed by atoms with Gasteiger partial charge in [0.1, 0.15) is 0 Å². The monoisotopic (exact) mass is 287 g/mol. The van der Waals surface area contributed by atoms with Crippen LogP contribution in [0.15, 0.2) is 30.3 Å². The van der Waals surface area contributed by atoms with Gasteiger partial charge in [0, 0.05) is 18.6 Å². The zero-order chi connectivity index (χ0) is 14.7. The van der Waals surface area contributed by atoms with Crippen LogP contribution in [0.25, 0.3) is 0 Å². The molecule has 0 spiro atoms. The van der Waals surface area contributed by atoms with Gasteiger partial charge in [-0.2, -0.15) is 0 Å². The number of benzene rings is 1. The van der Waals surface area contributed by atoms with Gasteiger partial charge in [0.15, 0.2) is 0 Å². The Morgan fingerprint density at radius 3 is 2.90 bits per heavy atom. The summed E-state index contributed by atoms with van der Waals surface area (Å²) in [6.45, 7) is 2.35. The molecule has 114 valence electrons. The van der Waals surface area contributed by atoms with Gasteiger partial charge in [-0.3, -0.25) is 4.79 Å². The van der Waals surface area contributed by atoms with Crippen molar-refractivity contribution in [2.24, 2.45) is 5.73 Å². The zero-order valence-corrected chi connectivity index (χ0v) is 12.5. The van der Waals surface area contributed by atoms with E-state index in [-0.39, 0.29) is 5.91 Å². The summed E-state index contributed by atoms with van der Waals surface area (Å²) < 4.78 is 0. The lowest BCUT2D eigenvalue weighted by Gasteiger charge is -2.35. The maximum atomic E-state index is 12.3. The molecule has 2 heterocycles. The molecule has 3 atom stereocenters. The van der Waals surface area contributed by atoms with E-state index in [4.69, 9.17) is 5.73 Å². The van der Waals surface area contributed by atoms with Crippen molar-refractivity contribution in [2.45, 2.75) is 50.2 Å². The van der Waals surface area contributed by atoms with Crippen LogP contribution in [0.2, 0.25) is 0 Å². The van der Waals surface area contributed by atoms with E-state index in [1.807, 2.05) is 30.3 Å². The summed E-state index contributed by atoms with van der Waals surface area (Å²) in [7, 11) is 0. The molecule has 2 unspecified atom stereocenters. The smallest absolute Gasteiger partial charge is 0.237 e. The van der Waals surface area contributed by atoms with Crippen LogP contribution >= 0.6 is 0 Å². The number of amides is 1. The van der Waals surface area contributed by atoms with Crippen LogP contribution < -0.4 is 11.1 Å². The van der Waals surface area contributed by atoms with Crippen LogP contribution in [-0.4, -0.2) is 42.0 Å². The highest BCUT2D eigenvalue weighted by Crippen LogP contribution is 2.26. The Morgan fingerprint density at radius 1 is 1.29 bits per heavy atom. The van der Waals surface area contributed by atoms with Crippen molar-refractivity contribution in [3.63, 3.8) is 0 Å². The number of nitrogens with zero attached hydrogens (tertiary/aromatic N) is 1. The number of carbonyl (C=O) groups is 1. The van der Waals surface area contributed by atoms with Crippen LogP contribution in [0, 0.1) is 0 Å². The second-order valence-corrected chi connectivity index (χ2v) is 6.36. The van der Waals surface area contributed by atoms with Crippen LogP contribution in [0.5, 0.6) is 0 Å². The molecule has 1 amide bonds. The normalized spacial score (nSPS) is 27.1. The molecule has 2 saturated heterocycles. The predicted octanol–water partition coefficient (Wildman–Crippen LogP) is 1.30. The minimum Gasteiger partial charge on any atom is -0.352 e. The van der Waals surface area contributed by atoms with Gasteiger partial charge in [-0.1, -0.05) is 30.3 Å². The molecule has 2 aliphatic rings. The Hall–Kier alpha value is -1.39. The lowest BCUT2D eigenvalue weighted by atomic mass is 9.97. The number of hydrogen-bond donors (Lipinski definition) is 2. The predicted molar refractivity (Wildman–Crippen MR) is 83.9 cm³/mol. The van der Waals surface area contributed by atoms with Gasteiger partial charge >= 0.3 is 0 Å². The third-order valence-electron chi connectivity index (χ3n) is 4.80. The molecule has 0 bridgehead atoms. The molecular weight excluding hydrogens is 262 g/mol. The summed E-state index contributed by atoms with van der Waals surface area (Å²) in [6, 6.07) is 10.5. The van der Waals surface area contributed by atoms with Gasteiger partial charge in [0.25, 0.3) is 0 Å². The molecule has 2 fully saturated rings. The number of nitrogens with one attached hydrogen (secondary N) is 1. The second kappa shape index (κ2) is 6.58. The van der Waals surface area contributed by atoms with E-state index >= 15 is 0 Å². The lowest BCUT2D eigenvalue weighted by molar-refractivity contribution is -0.123. The molecule has 0 aliphatic carbocycles. The molecule has 3 N–H and O–H groups in total. The third kappa shape index (κ3) is 3.63. The first-order valence-corrected chi connectivity index (χ1v) is 8.06. The molecule has 0 saturated carbocycles. The molecule has 1 aromatic carbocycles. The quantitative estimate of drug-likeness (QED) is 0.877. The van der Waals surface area contributed by atoms with E-state index in [2.05, 4.69) is 10.2 Å². The van der Waals surface area contributed by atoms with E-state index in [1.54, 1.807) is 0 Å². The van der Waals surface area contributed by atoms with Gasteiger partial charge in [0.2, 0.25) is 5.91 Å². The number of carbonyl (C=O) groups excluding carboxylic acids is 1. The number of piperidine rings is 1. The van der Waals surface area contributed by atoms with Crippen LogP contribution in [-0.2, 0) is 11.2 Å². The van der Waals surface area contributed by atoms with Crippen molar-refractivity contribution in [1.29, 1.82) is 0 Å². The molecular formula is C17H25N3O. The Balaban J connectivity index is 1.49. The van der Waals surface area contributed by atoms with Gasteiger partial charge in [-0.05, 0) is 44.2 Å². The fourth-order valence-corrected chi connectivity index (χ4v) is 3.62. The minimum atomic E-state index is -0.450. The fraction of sp³-hybridized carbons (Fsp3) is 0.588. The van der Waals surface area contributed by atoms with Crippen molar-refractivity contribution in [3.05, 3.63) is 35.9 Å². The number of fused-ring (bicyclic) bond motifs is 1. The molecule has 21 heavy (non-hydrogen) atoms. The molecule has 4 heteroatoms. The van der Waals surface area contributed by atoms with Crippen LogP contribution in [0.3, 0.4) is 0 Å². The maximum absolute atomic E-state index is 12.3. The number of hydrogen-bond acceptors (Lipinski definition) is 3. The summed E-state index contributed by atoms with van der Waals surface area (Å²) in [4.78, 5) is 14.8. The molecule has 2 aliphatic heterocycles. The average Bonchev–Trinajstić information content (AvgIpc) is 2.95. The SMILES string of the molecule is N[C@H](Cc1ccccc1)C(=O)NC1CCN2CCCC2C1. The van der Waals surface area contributed by atoms with E-state index in [0.29, 0.717) is 18.5 Å². The highest BCUT2D eigenvalue weighted by atomic mass is 16.2. The summed E-state index contributed by atoms with van der Waals surface area (Å²) in [5.74, 6) is -0.00435. The summed E-state index contributed by atoms with van der Waals surface area (Å²) >= 11 is 0. The van der Waals surface area contributed by atoms with Crippen LogP contribution in [0.1, 0.15) is 31.2 Å². The Kier molecular flexibility index (Phi) is 4.56. The Morgan fingerprint density at radius 2 is 2.10 bits per heavy atom. The largest absolute Gasteiger partial charge is 0.352 e.